The van der Waals surface area contributed by atoms with Gasteiger partial charge in [-0.3, -0.25) is 4.99 Å². The van der Waals surface area contributed by atoms with E-state index in [1.54, 1.807) is 0 Å². The van der Waals surface area contributed by atoms with Crippen LogP contribution in [0.15, 0.2) is 214 Å². The molecule has 0 saturated carbocycles. The zero-order chi connectivity index (χ0) is 40.0. The summed E-state index contributed by atoms with van der Waals surface area (Å²) in [6.45, 7) is 0. The summed E-state index contributed by atoms with van der Waals surface area (Å²) < 4.78 is 15.3. The Balaban J connectivity index is 0.924. The van der Waals surface area contributed by atoms with Crippen LogP contribution in [0.1, 0.15) is 17.3 Å². The van der Waals surface area contributed by atoms with Crippen LogP contribution in [0.4, 0.5) is 0 Å². The topological polar surface area (TPSA) is 55.6 Å². The number of furan rings is 2. The Morgan fingerprint density at radius 2 is 1.07 bits per heavy atom. The maximum atomic E-state index is 6.71. The van der Waals surface area contributed by atoms with Crippen LogP contribution in [0.3, 0.4) is 0 Å². The SMILES string of the molecule is c1ccc(C2=c3ccccc3=NC(c3cccc(-c4ccc(-n5c6ccc(-c7ccc8oc9ccccc9c8c7)cc6c6c7oc8ccccc8c7ccc65)cc4)c3)N2)cc1. The van der Waals surface area contributed by atoms with Gasteiger partial charge >= 0.3 is 0 Å². The zero-order valence-corrected chi connectivity index (χ0v) is 32.8. The van der Waals surface area contributed by atoms with E-state index in [0.29, 0.717) is 0 Å². The fourth-order valence-electron chi connectivity index (χ4n) is 9.53. The predicted molar refractivity (Wildman–Crippen MR) is 248 cm³/mol. The fourth-order valence-corrected chi connectivity index (χ4v) is 9.53. The summed E-state index contributed by atoms with van der Waals surface area (Å²) in [6, 6.07) is 70.9. The van der Waals surface area contributed by atoms with Gasteiger partial charge in [0.15, 0.2) is 0 Å². The van der Waals surface area contributed by atoms with Gasteiger partial charge < -0.3 is 18.7 Å². The standard InChI is InChI=1S/C56H35N3O2/c1-2-11-35(12-3-1)54-44-17-4-7-18-47(44)57-56(58-54)39-14-10-13-36(31-39)34-21-25-40(26-22-34)59-48-28-23-37(38-24-30-52-45(32-38)42-16-6-8-19-50(42)60-52)33-46(48)53-49(59)29-27-43-41-15-5-9-20-51(41)61-55(43)53/h1-33,56,58H. The Hall–Kier alpha value is -8.15. The van der Waals surface area contributed by atoms with Gasteiger partial charge in [0.25, 0.3) is 0 Å². The molecule has 61 heavy (non-hydrogen) atoms. The number of nitrogens with one attached hydrogen (secondary N) is 1. The van der Waals surface area contributed by atoms with Gasteiger partial charge in [-0.15, -0.1) is 0 Å². The average molecular weight is 782 g/mol. The van der Waals surface area contributed by atoms with E-state index in [4.69, 9.17) is 13.8 Å². The molecule has 5 nitrogen and oxygen atoms in total. The molecule has 0 radical (unpaired) electrons. The number of hydrogen-bond acceptors (Lipinski definition) is 4. The van der Waals surface area contributed by atoms with Crippen LogP contribution >= 0.6 is 0 Å². The van der Waals surface area contributed by atoms with Crippen molar-refractivity contribution < 1.29 is 8.83 Å². The lowest BCUT2D eigenvalue weighted by Gasteiger charge is -2.23. The van der Waals surface area contributed by atoms with E-state index in [9.17, 15) is 0 Å². The number of fused-ring (bicyclic) bond motifs is 11. The molecule has 9 aromatic carbocycles. The highest BCUT2D eigenvalue weighted by Crippen LogP contribution is 2.42. The van der Waals surface area contributed by atoms with E-state index in [1.807, 2.05) is 18.2 Å². The van der Waals surface area contributed by atoms with E-state index >= 15 is 0 Å². The lowest BCUT2D eigenvalue weighted by molar-refractivity contribution is 0.634. The number of rotatable bonds is 5. The maximum absolute atomic E-state index is 6.71. The largest absolute Gasteiger partial charge is 0.456 e. The van der Waals surface area contributed by atoms with E-state index < -0.39 is 0 Å². The summed E-state index contributed by atoms with van der Waals surface area (Å²) in [4.78, 5) is 5.17. The van der Waals surface area contributed by atoms with Gasteiger partial charge in [0, 0.05) is 37.8 Å². The molecule has 1 N–H and O–H groups in total. The van der Waals surface area contributed by atoms with Gasteiger partial charge in [-0.25, -0.2) is 0 Å². The number of para-hydroxylation sites is 3. The van der Waals surface area contributed by atoms with E-state index in [1.165, 1.54) is 0 Å². The molecule has 5 heteroatoms. The van der Waals surface area contributed by atoms with Gasteiger partial charge in [-0.05, 0) is 106 Å². The summed E-state index contributed by atoms with van der Waals surface area (Å²) in [5, 5.41) is 12.6. The van der Waals surface area contributed by atoms with Crippen molar-refractivity contribution in [2.45, 2.75) is 6.17 Å². The van der Waals surface area contributed by atoms with Crippen molar-refractivity contribution >= 4 is 71.4 Å². The third kappa shape index (κ3) is 5.30. The number of aromatic nitrogens is 1. The lowest BCUT2D eigenvalue weighted by Crippen LogP contribution is -2.39. The molecule has 0 spiro atoms. The summed E-state index contributed by atoms with van der Waals surface area (Å²) in [5.41, 5.74) is 14.8. The quantitative estimate of drug-likeness (QED) is 0.189. The second-order valence-corrected chi connectivity index (χ2v) is 15.9. The number of benzene rings is 9. The summed E-state index contributed by atoms with van der Waals surface area (Å²) in [6.07, 6.45) is -0.220. The minimum Gasteiger partial charge on any atom is -0.456 e. The summed E-state index contributed by atoms with van der Waals surface area (Å²) in [7, 11) is 0. The molecule has 1 aliphatic rings. The molecule has 0 amide bonds. The molecule has 0 fully saturated rings. The van der Waals surface area contributed by atoms with Crippen molar-refractivity contribution in [3.63, 3.8) is 0 Å². The van der Waals surface area contributed by atoms with Crippen LogP contribution in [0.2, 0.25) is 0 Å². The smallest absolute Gasteiger partial charge is 0.145 e. The van der Waals surface area contributed by atoms with Crippen LogP contribution < -0.4 is 15.9 Å². The fraction of sp³-hybridized carbons (Fsp3) is 0.0179. The first-order valence-corrected chi connectivity index (χ1v) is 20.7. The van der Waals surface area contributed by atoms with Gasteiger partial charge in [-0.1, -0.05) is 127 Å². The molecule has 0 aliphatic carbocycles. The minimum atomic E-state index is -0.220. The Bertz CT molecular complexity index is 3850. The third-order valence-electron chi connectivity index (χ3n) is 12.4. The van der Waals surface area contributed by atoms with Crippen molar-refractivity contribution in [3.05, 3.63) is 222 Å². The zero-order valence-electron chi connectivity index (χ0n) is 32.8. The van der Waals surface area contributed by atoms with E-state index in [-0.39, 0.29) is 6.17 Å². The molecule has 3 aromatic heterocycles. The van der Waals surface area contributed by atoms with Crippen LogP contribution in [-0.2, 0) is 0 Å². The summed E-state index contributed by atoms with van der Waals surface area (Å²) in [5.74, 6) is 0. The predicted octanol–water partition coefficient (Wildman–Crippen LogP) is 13.0. The molecule has 1 atom stereocenters. The van der Waals surface area contributed by atoms with Crippen molar-refractivity contribution in [3.8, 4) is 27.9 Å². The second kappa shape index (κ2) is 13.2. The molecule has 12 aromatic rings. The average Bonchev–Trinajstić information content (AvgIpc) is 4.00. The number of nitrogens with zero attached hydrogens (tertiary/aromatic N) is 2. The molecule has 1 unspecified atom stereocenters. The Morgan fingerprint density at radius 1 is 0.426 bits per heavy atom. The summed E-state index contributed by atoms with van der Waals surface area (Å²) >= 11 is 0. The molecule has 13 rings (SSSR count). The third-order valence-corrected chi connectivity index (χ3v) is 12.4. The maximum Gasteiger partial charge on any atom is 0.145 e. The van der Waals surface area contributed by atoms with Crippen molar-refractivity contribution in [1.82, 2.24) is 9.88 Å². The Kier molecular flexibility index (Phi) is 7.30. The van der Waals surface area contributed by atoms with Gasteiger partial charge in [0.2, 0.25) is 0 Å². The van der Waals surface area contributed by atoms with Crippen molar-refractivity contribution in [2.75, 3.05) is 0 Å². The normalized spacial score (nSPS) is 14.0. The van der Waals surface area contributed by atoms with Gasteiger partial charge in [0.05, 0.1) is 27.5 Å². The molecule has 1 aliphatic heterocycles. The molecular formula is C56H35N3O2. The number of hydrogen-bond donors (Lipinski definition) is 1. The van der Waals surface area contributed by atoms with Crippen LogP contribution in [0.25, 0.3) is 99.3 Å². The first-order chi connectivity index (χ1) is 30.2. The first kappa shape index (κ1) is 33.8. The Morgan fingerprint density at radius 3 is 1.92 bits per heavy atom. The van der Waals surface area contributed by atoms with Crippen molar-refractivity contribution in [1.29, 1.82) is 0 Å². The monoisotopic (exact) mass is 781 g/mol. The van der Waals surface area contributed by atoms with Gasteiger partial charge in [0.1, 0.15) is 28.5 Å². The molecule has 0 bridgehead atoms. The van der Waals surface area contributed by atoms with E-state index in [0.717, 1.165) is 121 Å². The molecular weight excluding hydrogens is 747 g/mol. The van der Waals surface area contributed by atoms with Crippen LogP contribution in [-0.4, -0.2) is 4.57 Å². The highest BCUT2D eigenvalue weighted by Gasteiger charge is 2.21. The lowest BCUT2D eigenvalue weighted by atomic mass is 10.00. The molecule has 0 saturated heterocycles. The Labute approximate surface area is 349 Å². The minimum absolute atomic E-state index is 0.220. The van der Waals surface area contributed by atoms with Crippen LogP contribution in [0.5, 0.6) is 0 Å². The van der Waals surface area contributed by atoms with Crippen molar-refractivity contribution in [2.24, 2.45) is 4.99 Å². The molecule has 4 heterocycles. The van der Waals surface area contributed by atoms with Crippen LogP contribution in [0, 0.1) is 0 Å². The second-order valence-electron chi connectivity index (χ2n) is 15.9. The highest BCUT2D eigenvalue weighted by atomic mass is 16.3. The first-order valence-electron chi connectivity index (χ1n) is 20.7. The van der Waals surface area contributed by atoms with E-state index in [2.05, 4.69) is 192 Å². The highest BCUT2D eigenvalue weighted by molar-refractivity contribution is 6.24. The molecule has 286 valence electrons. The van der Waals surface area contributed by atoms with Gasteiger partial charge in [-0.2, -0.15) is 0 Å².